The van der Waals surface area contributed by atoms with E-state index in [-0.39, 0.29) is 16.0 Å². The highest BCUT2D eigenvalue weighted by atomic mass is 79.9. The average Bonchev–Trinajstić information content (AvgIpc) is 3.22. The number of ketones is 1. The van der Waals surface area contributed by atoms with Crippen LogP contribution in [0.4, 0.5) is 13.2 Å². The molecule has 176 valence electrons. The van der Waals surface area contributed by atoms with E-state index in [2.05, 4.69) is 15.9 Å². The number of carbonyl (C=O) groups excluding carboxylic acids is 1. The summed E-state index contributed by atoms with van der Waals surface area (Å²) in [4.78, 5) is 12.0. The van der Waals surface area contributed by atoms with Crippen LogP contribution in [0.15, 0.2) is 98.9 Å². The molecule has 0 spiro atoms. The fourth-order valence-electron chi connectivity index (χ4n) is 3.84. The molecule has 3 aromatic carbocycles. The SMILES string of the molecule is Cc1ccc(S(=O)(=O)C2=C(C(F)(F)F)OC(C(=O)c3ccccc3)C2c2ccc(Br)cc2)cc1. The van der Waals surface area contributed by atoms with Crippen molar-refractivity contribution in [1.29, 1.82) is 0 Å². The minimum atomic E-state index is -5.13. The van der Waals surface area contributed by atoms with Crippen molar-refractivity contribution in [1.82, 2.24) is 0 Å². The van der Waals surface area contributed by atoms with E-state index < -0.39 is 44.5 Å². The quantitative estimate of drug-likeness (QED) is 0.346. The Hall–Kier alpha value is -2.91. The summed E-state index contributed by atoms with van der Waals surface area (Å²) in [5.74, 6) is -3.91. The standard InChI is InChI=1S/C25H18BrF3O4S/c1-15-7-13-19(14-8-15)34(31,32)23-20(16-9-11-18(26)12-10-16)22(33-24(23)25(27,28)29)21(30)17-5-3-2-4-6-17/h2-14,20,22H,1H3. The van der Waals surface area contributed by atoms with Crippen molar-refractivity contribution < 1.29 is 31.1 Å². The normalized spacial score (nSPS) is 18.6. The fourth-order valence-corrected chi connectivity index (χ4v) is 5.85. The van der Waals surface area contributed by atoms with Gasteiger partial charge in [0.2, 0.25) is 21.4 Å². The Morgan fingerprint density at radius 2 is 1.50 bits per heavy atom. The number of aryl methyl sites for hydroxylation is 1. The number of hydrogen-bond donors (Lipinski definition) is 0. The van der Waals surface area contributed by atoms with Crippen LogP contribution >= 0.6 is 15.9 Å². The molecule has 9 heteroatoms. The van der Waals surface area contributed by atoms with Gasteiger partial charge in [-0.15, -0.1) is 0 Å². The number of hydrogen-bond acceptors (Lipinski definition) is 4. The zero-order chi connectivity index (χ0) is 24.7. The minimum Gasteiger partial charge on any atom is -0.475 e. The predicted molar refractivity (Wildman–Crippen MR) is 124 cm³/mol. The number of ether oxygens (including phenoxy) is 1. The summed E-state index contributed by atoms with van der Waals surface area (Å²) in [6.45, 7) is 1.73. The van der Waals surface area contributed by atoms with Crippen LogP contribution in [0.5, 0.6) is 0 Å². The van der Waals surface area contributed by atoms with Crippen LogP contribution in [-0.4, -0.2) is 26.5 Å². The number of halogens is 4. The van der Waals surface area contributed by atoms with Crippen LogP contribution in [0.1, 0.15) is 27.4 Å². The van der Waals surface area contributed by atoms with Gasteiger partial charge in [0.15, 0.2) is 6.10 Å². The molecule has 0 aromatic heterocycles. The van der Waals surface area contributed by atoms with Gasteiger partial charge >= 0.3 is 6.18 Å². The Morgan fingerprint density at radius 1 is 0.912 bits per heavy atom. The van der Waals surface area contributed by atoms with Gasteiger partial charge in [0, 0.05) is 10.0 Å². The highest BCUT2D eigenvalue weighted by Crippen LogP contribution is 2.49. The topological polar surface area (TPSA) is 60.4 Å². The van der Waals surface area contributed by atoms with Crippen molar-refractivity contribution in [2.45, 2.75) is 30.0 Å². The number of alkyl halides is 3. The van der Waals surface area contributed by atoms with E-state index >= 15 is 0 Å². The maximum Gasteiger partial charge on any atom is 0.450 e. The molecule has 1 aliphatic heterocycles. The third kappa shape index (κ3) is 4.54. The van der Waals surface area contributed by atoms with Crippen molar-refractivity contribution in [3.8, 4) is 0 Å². The number of rotatable bonds is 5. The number of allylic oxidation sites excluding steroid dienone is 1. The Balaban J connectivity index is 1.96. The molecule has 0 radical (unpaired) electrons. The van der Waals surface area contributed by atoms with E-state index in [0.717, 1.165) is 5.56 Å². The van der Waals surface area contributed by atoms with E-state index in [0.29, 0.717) is 4.47 Å². The van der Waals surface area contributed by atoms with Gasteiger partial charge in [-0.05, 0) is 36.8 Å². The molecular weight excluding hydrogens is 533 g/mol. The Labute approximate surface area is 203 Å². The number of Topliss-reactive ketones (excluding diaryl/α,β-unsaturated/α-hetero) is 1. The maximum atomic E-state index is 14.1. The second-order valence-corrected chi connectivity index (χ2v) is 10.6. The zero-order valence-electron chi connectivity index (χ0n) is 17.7. The molecule has 4 nitrogen and oxygen atoms in total. The minimum absolute atomic E-state index is 0.116. The average molecular weight is 551 g/mol. The lowest BCUT2D eigenvalue weighted by atomic mass is 9.89. The van der Waals surface area contributed by atoms with Crippen molar-refractivity contribution in [3.63, 3.8) is 0 Å². The van der Waals surface area contributed by atoms with Crippen molar-refractivity contribution >= 4 is 31.6 Å². The summed E-state index contributed by atoms with van der Waals surface area (Å²) < 4.78 is 75.5. The zero-order valence-corrected chi connectivity index (χ0v) is 20.1. The van der Waals surface area contributed by atoms with Crippen LogP contribution in [0.25, 0.3) is 0 Å². The molecule has 1 aliphatic rings. The van der Waals surface area contributed by atoms with Gasteiger partial charge < -0.3 is 4.74 Å². The summed E-state index contributed by atoms with van der Waals surface area (Å²) in [7, 11) is -4.67. The smallest absolute Gasteiger partial charge is 0.450 e. The molecule has 3 aromatic rings. The highest BCUT2D eigenvalue weighted by molar-refractivity contribution is 9.10. The number of carbonyl (C=O) groups is 1. The Kier molecular flexibility index (Phi) is 6.44. The predicted octanol–water partition coefficient (Wildman–Crippen LogP) is 6.37. The first-order chi connectivity index (χ1) is 16.0. The third-order valence-electron chi connectivity index (χ3n) is 5.48. The first kappa shape index (κ1) is 24.2. The van der Waals surface area contributed by atoms with Crippen LogP contribution in [0.3, 0.4) is 0 Å². The molecule has 2 atom stereocenters. The van der Waals surface area contributed by atoms with Gasteiger partial charge in [-0.3, -0.25) is 4.79 Å². The summed E-state index contributed by atoms with van der Waals surface area (Å²) in [6.07, 6.45) is -6.85. The molecular formula is C25H18BrF3O4S. The number of benzene rings is 3. The van der Waals surface area contributed by atoms with Gasteiger partial charge in [-0.25, -0.2) is 8.42 Å². The van der Waals surface area contributed by atoms with Gasteiger partial charge in [0.1, 0.15) is 4.91 Å². The summed E-state index contributed by atoms with van der Waals surface area (Å²) in [5, 5.41) is 0. The number of sulfone groups is 1. The van der Waals surface area contributed by atoms with E-state index in [9.17, 15) is 26.4 Å². The molecule has 0 amide bonds. The van der Waals surface area contributed by atoms with E-state index in [1.807, 2.05) is 0 Å². The second kappa shape index (κ2) is 9.03. The molecule has 0 bridgehead atoms. The molecule has 0 fully saturated rings. The van der Waals surface area contributed by atoms with Crippen molar-refractivity contribution in [2.24, 2.45) is 0 Å². The van der Waals surface area contributed by atoms with Crippen LogP contribution < -0.4 is 0 Å². The first-order valence-corrected chi connectivity index (χ1v) is 12.4. The van der Waals surface area contributed by atoms with E-state index in [1.165, 1.54) is 48.5 Å². The summed E-state index contributed by atoms with van der Waals surface area (Å²) in [6, 6.07) is 19.3. The molecule has 4 rings (SSSR count). The van der Waals surface area contributed by atoms with Gasteiger partial charge in [-0.2, -0.15) is 13.2 Å². The van der Waals surface area contributed by atoms with Crippen LogP contribution in [-0.2, 0) is 14.6 Å². The van der Waals surface area contributed by atoms with Crippen molar-refractivity contribution in [2.75, 3.05) is 0 Å². The summed E-state index contributed by atoms with van der Waals surface area (Å²) >= 11 is 3.27. The van der Waals surface area contributed by atoms with Crippen molar-refractivity contribution in [3.05, 3.63) is 111 Å². The third-order valence-corrected chi connectivity index (χ3v) is 7.92. The lowest BCUT2D eigenvalue weighted by molar-refractivity contribution is -0.131. The molecule has 0 saturated heterocycles. The second-order valence-electron chi connectivity index (χ2n) is 7.81. The first-order valence-electron chi connectivity index (χ1n) is 10.1. The molecule has 2 unspecified atom stereocenters. The molecule has 0 N–H and O–H groups in total. The molecule has 34 heavy (non-hydrogen) atoms. The summed E-state index contributed by atoms with van der Waals surface area (Å²) in [5.41, 5.74) is 1.07. The Bertz CT molecular complexity index is 1350. The maximum absolute atomic E-state index is 14.1. The van der Waals surface area contributed by atoms with Gasteiger partial charge in [0.05, 0.1) is 10.8 Å². The Morgan fingerprint density at radius 3 is 2.06 bits per heavy atom. The largest absolute Gasteiger partial charge is 0.475 e. The molecule has 1 heterocycles. The fraction of sp³-hybridized carbons (Fsp3) is 0.160. The molecule has 0 aliphatic carbocycles. The monoisotopic (exact) mass is 550 g/mol. The van der Waals surface area contributed by atoms with E-state index in [1.54, 1.807) is 37.3 Å². The molecule has 0 saturated carbocycles. The lowest BCUT2D eigenvalue weighted by Crippen LogP contribution is -2.29. The van der Waals surface area contributed by atoms with Gasteiger partial charge in [-0.1, -0.05) is 76.1 Å². The van der Waals surface area contributed by atoms with Crippen LogP contribution in [0.2, 0.25) is 0 Å². The van der Waals surface area contributed by atoms with Crippen LogP contribution in [0, 0.1) is 6.92 Å². The van der Waals surface area contributed by atoms with Gasteiger partial charge in [0.25, 0.3) is 0 Å². The lowest BCUT2D eigenvalue weighted by Gasteiger charge is -2.21. The highest BCUT2D eigenvalue weighted by Gasteiger charge is 2.55. The van der Waals surface area contributed by atoms with E-state index in [4.69, 9.17) is 4.74 Å².